The van der Waals surface area contributed by atoms with Crippen LogP contribution >= 0.6 is 0 Å². The molecule has 2 rings (SSSR count). The summed E-state index contributed by atoms with van der Waals surface area (Å²) < 4.78 is 6.12. The van der Waals surface area contributed by atoms with Crippen LogP contribution < -0.4 is 4.74 Å². The quantitative estimate of drug-likeness (QED) is 0.350. The van der Waals surface area contributed by atoms with Gasteiger partial charge in [0.1, 0.15) is 11.5 Å². The zero-order valence-electron chi connectivity index (χ0n) is 24.2. The number of benzene rings is 2. The Bertz CT molecular complexity index is 774. The van der Waals surface area contributed by atoms with Gasteiger partial charge in [0.25, 0.3) is 0 Å². The third kappa shape index (κ3) is 12.1. The molecular formula is C32H52O3. The summed E-state index contributed by atoms with van der Waals surface area (Å²) in [7, 11) is 0. The highest BCUT2D eigenvalue weighted by Crippen LogP contribution is 2.38. The molecule has 0 heterocycles. The van der Waals surface area contributed by atoms with E-state index in [4.69, 9.17) is 14.9 Å². The molecule has 198 valence electrons. The maximum Gasteiger partial charge on any atom is 0.127 e. The topological polar surface area (TPSA) is 49.7 Å². The second kappa shape index (κ2) is 12.9. The smallest absolute Gasteiger partial charge is 0.127 e. The standard InChI is InChI=1S/C28H42O.C4H10O2/c1-25(2,3)19-27(7,8)21-11-15-23(16-12-21)29-24-17-13-22(14-18-24)28(9,10)20-26(4,5)6;5-3-1-2-4-6/h11-18H,19-20H2,1-10H3;5-6H,1-4H2. The van der Waals surface area contributed by atoms with Gasteiger partial charge in [-0.05, 0) is 82.7 Å². The zero-order chi connectivity index (χ0) is 26.9. The van der Waals surface area contributed by atoms with E-state index < -0.39 is 0 Å². The predicted octanol–water partition coefficient (Wildman–Crippen LogP) is 8.66. The molecule has 2 aromatic carbocycles. The van der Waals surface area contributed by atoms with E-state index in [1.807, 2.05) is 0 Å². The molecular weight excluding hydrogens is 432 g/mol. The van der Waals surface area contributed by atoms with Crippen molar-refractivity contribution in [2.75, 3.05) is 13.2 Å². The van der Waals surface area contributed by atoms with E-state index >= 15 is 0 Å². The molecule has 0 saturated carbocycles. The van der Waals surface area contributed by atoms with Gasteiger partial charge in [-0.2, -0.15) is 0 Å². The monoisotopic (exact) mass is 484 g/mol. The Hall–Kier alpha value is -1.84. The molecule has 0 aromatic heterocycles. The second-order valence-corrected chi connectivity index (χ2v) is 13.5. The molecule has 35 heavy (non-hydrogen) atoms. The number of unbranched alkanes of at least 4 members (excludes halogenated alkanes) is 1. The molecule has 0 unspecified atom stereocenters. The van der Waals surface area contributed by atoms with E-state index in [0.717, 1.165) is 37.2 Å². The molecule has 0 amide bonds. The summed E-state index contributed by atoms with van der Waals surface area (Å²) in [6.07, 6.45) is 3.73. The number of hydrogen-bond acceptors (Lipinski definition) is 3. The average molecular weight is 485 g/mol. The van der Waals surface area contributed by atoms with Crippen LogP contribution in [0.2, 0.25) is 0 Å². The van der Waals surface area contributed by atoms with Gasteiger partial charge in [0.2, 0.25) is 0 Å². The minimum atomic E-state index is 0.150. The molecule has 3 nitrogen and oxygen atoms in total. The Balaban J connectivity index is 0.000000905. The minimum Gasteiger partial charge on any atom is -0.457 e. The van der Waals surface area contributed by atoms with Crippen LogP contribution in [0.4, 0.5) is 0 Å². The number of rotatable bonds is 9. The Labute approximate surface area is 215 Å². The number of ether oxygens (including phenoxy) is 1. The lowest BCUT2D eigenvalue weighted by Gasteiger charge is -2.33. The van der Waals surface area contributed by atoms with E-state index in [1.165, 1.54) is 11.1 Å². The molecule has 0 spiro atoms. The van der Waals surface area contributed by atoms with Crippen molar-refractivity contribution < 1.29 is 14.9 Å². The number of hydrogen-bond donors (Lipinski definition) is 2. The van der Waals surface area contributed by atoms with Gasteiger partial charge in [0.15, 0.2) is 0 Å². The fraction of sp³-hybridized carbons (Fsp3) is 0.625. The van der Waals surface area contributed by atoms with Crippen molar-refractivity contribution in [3.8, 4) is 11.5 Å². The summed E-state index contributed by atoms with van der Waals surface area (Å²) in [5.74, 6) is 1.78. The van der Waals surface area contributed by atoms with Crippen LogP contribution in [0.25, 0.3) is 0 Å². The molecule has 0 aliphatic rings. The van der Waals surface area contributed by atoms with Crippen molar-refractivity contribution in [1.29, 1.82) is 0 Å². The van der Waals surface area contributed by atoms with Crippen LogP contribution in [0.15, 0.2) is 48.5 Å². The summed E-state index contributed by atoms with van der Waals surface area (Å²) in [4.78, 5) is 0. The molecule has 0 radical (unpaired) electrons. The first-order chi connectivity index (χ1) is 16.0. The van der Waals surface area contributed by atoms with Crippen molar-refractivity contribution in [3.63, 3.8) is 0 Å². The predicted molar refractivity (Wildman–Crippen MR) is 151 cm³/mol. The van der Waals surface area contributed by atoms with Gasteiger partial charge >= 0.3 is 0 Å². The van der Waals surface area contributed by atoms with Crippen LogP contribution in [-0.2, 0) is 10.8 Å². The lowest BCUT2D eigenvalue weighted by Crippen LogP contribution is -2.24. The van der Waals surface area contributed by atoms with E-state index in [-0.39, 0.29) is 24.0 Å². The largest absolute Gasteiger partial charge is 0.457 e. The Kier molecular flexibility index (Phi) is 11.5. The first-order valence-corrected chi connectivity index (χ1v) is 13.1. The van der Waals surface area contributed by atoms with Gasteiger partial charge in [-0.1, -0.05) is 93.5 Å². The van der Waals surface area contributed by atoms with Crippen LogP contribution in [-0.4, -0.2) is 23.4 Å². The maximum absolute atomic E-state index is 8.09. The highest BCUT2D eigenvalue weighted by molar-refractivity contribution is 5.37. The third-order valence-corrected chi connectivity index (χ3v) is 6.02. The third-order valence-electron chi connectivity index (χ3n) is 6.02. The lowest BCUT2D eigenvalue weighted by molar-refractivity contribution is 0.242. The Morgan fingerprint density at radius 2 is 0.800 bits per heavy atom. The van der Waals surface area contributed by atoms with Crippen molar-refractivity contribution in [3.05, 3.63) is 59.7 Å². The molecule has 0 bridgehead atoms. The summed E-state index contributed by atoms with van der Waals surface area (Å²) in [6.45, 7) is 23.5. The Morgan fingerprint density at radius 3 is 1.03 bits per heavy atom. The molecule has 0 aliphatic carbocycles. The zero-order valence-corrected chi connectivity index (χ0v) is 24.2. The van der Waals surface area contributed by atoms with Gasteiger partial charge in [0, 0.05) is 13.2 Å². The van der Waals surface area contributed by atoms with Crippen LogP contribution in [0.5, 0.6) is 11.5 Å². The van der Waals surface area contributed by atoms with Crippen molar-refractivity contribution in [1.82, 2.24) is 0 Å². The minimum absolute atomic E-state index is 0.150. The van der Waals surface area contributed by atoms with Crippen molar-refractivity contribution in [2.45, 2.75) is 106 Å². The molecule has 0 atom stereocenters. The summed E-state index contributed by atoms with van der Waals surface area (Å²) in [6, 6.07) is 17.2. The van der Waals surface area contributed by atoms with Crippen LogP contribution in [0, 0.1) is 10.8 Å². The van der Waals surface area contributed by atoms with Gasteiger partial charge in [-0.25, -0.2) is 0 Å². The molecule has 0 saturated heterocycles. The maximum atomic E-state index is 8.09. The van der Waals surface area contributed by atoms with Gasteiger partial charge in [0.05, 0.1) is 0 Å². The summed E-state index contributed by atoms with van der Waals surface area (Å²) >= 11 is 0. The van der Waals surface area contributed by atoms with E-state index in [2.05, 4.69) is 118 Å². The second-order valence-electron chi connectivity index (χ2n) is 13.5. The highest BCUT2D eigenvalue weighted by atomic mass is 16.5. The van der Waals surface area contributed by atoms with Crippen molar-refractivity contribution in [2.24, 2.45) is 10.8 Å². The molecule has 0 aliphatic heterocycles. The summed E-state index contributed by atoms with van der Waals surface area (Å²) in [5, 5.41) is 16.2. The van der Waals surface area contributed by atoms with E-state index in [1.54, 1.807) is 0 Å². The van der Waals surface area contributed by atoms with Gasteiger partial charge < -0.3 is 14.9 Å². The lowest BCUT2D eigenvalue weighted by atomic mass is 9.72. The number of aliphatic hydroxyl groups is 2. The average Bonchev–Trinajstić information content (AvgIpc) is 2.70. The highest BCUT2D eigenvalue weighted by Gasteiger charge is 2.28. The Morgan fingerprint density at radius 1 is 0.514 bits per heavy atom. The molecule has 2 aromatic rings. The normalized spacial score (nSPS) is 12.7. The number of aliphatic hydroxyl groups excluding tert-OH is 2. The van der Waals surface area contributed by atoms with Gasteiger partial charge in [-0.15, -0.1) is 0 Å². The van der Waals surface area contributed by atoms with E-state index in [9.17, 15) is 0 Å². The molecule has 2 N–H and O–H groups in total. The van der Waals surface area contributed by atoms with Crippen molar-refractivity contribution >= 4 is 0 Å². The fourth-order valence-corrected chi connectivity index (χ4v) is 5.16. The fourth-order valence-electron chi connectivity index (χ4n) is 5.16. The summed E-state index contributed by atoms with van der Waals surface area (Å²) in [5.41, 5.74) is 3.63. The van der Waals surface area contributed by atoms with Gasteiger partial charge in [-0.3, -0.25) is 0 Å². The molecule has 0 fully saturated rings. The van der Waals surface area contributed by atoms with Crippen LogP contribution in [0.3, 0.4) is 0 Å². The van der Waals surface area contributed by atoms with E-state index in [0.29, 0.717) is 10.8 Å². The first kappa shape index (κ1) is 31.2. The molecule has 3 heteroatoms. The SMILES string of the molecule is CC(C)(C)CC(C)(C)c1ccc(Oc2ccc(C(C)(C)CC(C)(C)C)cc2)cc1.OCCCCO. The first-order valence-electron chi connectivity index (χ1n) is 13.1. The van der Waals surface area contributed by atoms with Crippen LogP contribution in [0.1, 0.15) is 106 Å².